The number of hydrogen-bond donors (Lipinski definition) is 13. The average molecular weight is 1660 g/mol. The Morgan fingerprint density at radius 3 is 1.23 bits per heavy atom. The number of alkyl halides is 1. The number of anilines is 1. The molecule has 29 nitrogen and oxygen atoms in total. The first-order valence-corrected chi connectivity index (χ1v) is 38.9. The molecule has 0 spiro atoms. The Morgan fingerprint density at radius 2 is 1.07 bits per heavy atom. The van der Waals surface area contributed by atoms with Gasteiger partial charge in [0, 0.05) is 96.8 Å². The van der Waals surface area contributed by atoms with E-state index in [0.29, 0.717) is 58.0 Å². The van der Waals surface area contributed by atoms with Crippen LogP contribution in [0.1, 0.15) is 285 Å². The second kappa shape index (κ2) is 83.4. The molecule has 0 unspecified atom stereocenters. The molecular weight excluding hydrogens is 1500 g/mol. The molecule has 0 fully saturated rings. The summed E-state index contributed by atoms with van der Waals surface area (Å²) >= 11 is 3.27. The Labute approximate surface area is 691 Å². The highest BCUT2D eigenvalue weighted by Gasteiger charge is 2.07. The summed E-state index contributed by atoms with van der Waals surface area (Å²) in [6.07, 6.45) is 15.2. The second-order valence-corrected chi connectivity index (χ2v) is 30.6. The lowest BCUT2D eigenvalue weighted by Gasteiger charge is -2.04. The smallest absolute Gasteiger partial charge is 0.308 e. The molecule has 0 aliphatic carbocycles. The van der Waals surface area contributed by atoms with E-state index in [9.17, 15) is 24.0 Å². The fraction of sp³-hybridized carbons (Fsp3) is 0.614. The van der Waals surface area contributed by atoms with Crippen molar-refractivity contribution < 1.29 is 38.2 Å². The molecule has 30 heteroatoms. The number of nitrogens with two attached hydrogens (primary N) is 6. The zero-order chi connectivity index (χ0) is 89.9. The van der Waals surface area contributed by atoms with Crippen molar-refractivity contribution in [1.29, 1.82) is 16.1 Å². The Kier molecular flexibility index (Phi) is 93.8. The number of pyridine rings is 1. The predicted molar refractivity (Wildman–Crippen MR) is 477 cm³/mol. The lowest BCUT2D eigenvalue weighted by atomic mass is 10.0. The number of benzene rings is 1. The number of esters is 1. The van der Waals surface area contributed by atoms with Crippen molar-refractivity contribution in [2.24, 2.45) is 92.1 Å². The standard InChI is InChI=1S/C9H12.C8H11N.C7H11N3.C7H15NO.C6H11N3.C6H12N2.C6H9NO.C5H11N3.C5H11NO.C5H10O2.C4H11N3.C4H9NO.C4H7N.C4H8O2.C3H7Br.H3N/c1-8(2)9-6-4-3-5-7-9;1-7(2)8-4-3-5-9-6-8;1-5(2)6-3-9-7(8)10-4-6;1-4-5-8-7(9)6(2)3;1-4(2)6-7-5(3)8-9-6;1-5(2)6(3-7)4-8;1-5(2)6-7-3-4-8-6;1-4(2)5(7)8-3-6;1-4(2)5(7)6-3;1-4(2)5(6)7-3;1-3(2)4(5)7-6;1-3(2)4(5)6;1-4(2)3-5;1-3(2)4(5)6;1-3(2)4;/h3-8H,1-2H3;3-7H,1-2H3;3-5H,1-2H3,(H2,8,9,10);6H,4-5H2,1-3H3,(H,8,9);4H,1-3H3,(H,7,8,9);3-5,7H,8H2,1-2H3;3-5H,1-2H3;3-4H,1-2H3,(H3,6,7,8);4H,1-3H3,(H,6,7);4H,1-3H3;3H,6H2,1-2H3,(H2,5,7);3H,1-2H3,(H2,5,6);4H,1-2H3;3H,1-2H3,(H,5,6);3H,1-2H3;1H3/b;;;;;6-4+,7-3?;;;;;;;;;;. The Hall–Kier alpha value is -9.50. The molecule has 113 heavy (non-hydrogen) atoms. The van der Waals surface area contributed by atoms with Crippen molar-refractivity contribution >= 4 is 75.8 Å². The van der Waals surface area contributed by atoms with Crippen LogP contribution in [0.2, 0.25) is 0 Å². The highest BCUT2D eigenvalue weighted by molar-refractivity contribution is 9.09. The van der Waals surface area contributed by atoms with Gasteiger partial charge in [-0.3, -0.25) is 39.5 Å². The number of aliphatic imine (C=N–C) groups is 1. The predicted octanol–water partition coefficient (Wildman–Crippen LogP) is 17.2. The number of nitrogens with one attached hydrogen (secondary N) is 5. The number of oxazole rings is 1. The van der Waals surface area contributed by atoms with Crippen molar-refractivity contribution in [3.05, 3.63) is 126 Å². The van der Waals surface area contributed by atoms with Crippen molar-refractivity contribution in [3.63, 3.8) is 0 Å². The van der Waals surface area contributed by atoms with Gasteiger partial charge in [-0.05, 0) is 85.4 Å². The minimum Gasteiger partial charge on any atom is -0.481 e. The number of ether oxygens (including phenoxy) is 1. The number of nitriles is 1. The van der Waals surface area contributed by atoms with Crippen molar-refractivity contribution in [3.8, 4) is 6.07 Å². The van der Waals surface area contributed by atoms with Gasteiger partial charge in [-0.1, -0.05) is 253 Å². The third-order valence-corrected chi connectivity index (χ3v) is 12.7. The van der Waals surface area contributed by atoms with Gasteiger partial charge in [0.2, 0.25) is 23.7 Å². The van der Waals surface area contributed by atoms with E-state index in [4.69, 9.17) is 60.1 Å². The second-order valence-electron chi connectivity index (χ2n) is 28.7. The molecule has 4 heterocycles. The monoisotopic (exact) mass is 1660 g/mol. The van der Waals surface area contributed by atoms with Crippen LogP contribution in [-0.4, -0.2) is 120 Å². The van der Waals surface area contributed by atoms with Crippen LogP contribution in [0, 0.1) is 82.3 Å². The average Bonchev–Trinajstić information content (AvgIpc) is 1.89. The number of carboxylic acid groups (broad SMARTS) is 1. The van der Waals surface area contributed by atoms with Gasteiger partial charge >= 0.3 is 11.9 Å². The van der Waals surface area contributed by atoms with Gasteiger partial charge < -0.3 is 71.0 Å². The topological polar surface area (TPSA) is 532 Å². The summed E-state index contributed by atoms with van der Waals surface area (Å²) in [7, 11) is 3.03. The fourth-order valence-electron chi connectivity index (χ4n) is 5.10. The number of aryl methyl sites for hydroxylation is 1. The number of H-pyrrole nitrogens is 1. The number of nitrogen functional groups attached to an aromatic ring is 1. The van der Waals surface area contributed by atoms with E-state index in [2.05, 4.69) is 176 Å². The number of methoxy groups -OCH3 is 1. The minimum atomic E-state index is -0.741. The van der Waals surface area contributed by atoms with Crippen molar-refractivity contribution in [2.45, 2.75) is 262 Å². The van der Waals surface area contributed by atoms with Crippen LogP contribution >= 0.6 is 15.9 Å². The van der Waals surface area contributed by atoms with Gasteiger partial charge in [0.1, 0.15) is 30.1 Å². The number of halogens is 1. The maximum absolute atomic E-state index is 10.8. The Morgan fingerprint density at radius 1 is 0.637 bits per heavy atom. The molecule has 0 aliphatic heterocycles. The molecule has 5 rings (SSSR count). The summed E-state index contributed by atoms with van der Waals surface area (Å²) in [6.45, 7) is 63.5. The number of carbonyl (C=O) groups is 5. The van der Waals surface area contributed by atoms with Crippen LogP contribution in [0.25, 0.3) is 0 Å². The molecule has 0 saturated carbocycles. The number of hydrogen-bond acceptors (Lipinski definition) is 21. The summed E-state index contributed by atoms with van der Waals surface area (Å²) in [6, 6.07) is 16.6. The molecule has 0 aliphatic rings. The minimum absolute atomic E-state index is 0. The number of aromatic nitrogens is 7. The molecule has 5 aromatic rings. The fourth-order valence-corrected chi connectivity index (χ4v) is 5.10. The zero-order valence-corrected chi connectivity index (χ0v) is 77.3. The van der Waals surface area contributed by atoms with Gasteiger partial charge in [-0.25, -0.2) is 24.9 Å². The molecule has 3 amide bonds. The third kappa shape index (κ3) is 96.6. The number of allylic oxidation sites excluding steroid dienone is 1. The number of hydrazone groups is 1. The maximum Gasteiger partial charge on any atom is 0.308 e. The summed E-state index contributed by atoms with van der Waals surface area (Å²) in [5.41, 5.74) is 30.6. The number of aliphatic carboxylic acids is 1. The molecular formula is C83H158BrN21O8. The lowest BCUT2D eigenvalue weighted by Crippen LogP contribution is -2.28. The number of amidine groups is 2. The van der Waals surface area contributed by atoms with Crippen LogP contribution in [0.3, 0.4) is 0 Å². The molecule has 0 atom stereocenters. The normalized spacial score (nSPS) is 10.2. The number of aromatic amines is 1. The van der Waals surface area contributed by atoms with E-state index in [1.807, 2.05) is 135 Å². The van der Waals surface area contributed by atoms with E-state index < -0.39 is 5.97 Å². The number of rotatable bonds is 17. The van der Waals surface area contributed by atoms with E-state index >= 15 is 0 Å². The van der Waals surface area contributed by atoms with E-state index in [1.54, 1.807) is 79.6 Å². The summed E-state index contributed by atoms with van der Waals surface area (Å²) < 4.78 is 9.36. The van der Waals surface area contributed by atoms with Crippen LogP contribution < -0.4 is 51.3 Å². The van der Waals surface area contributed by atoms with Gasteiger partial charge in [-0.15, -0.1) is 0 Å². The number of amides is 3. The van der Waals surface area contributed by atoms with Crippen LogP contribution in [0.5, 0.6) is 0 Å². The van der Waals surface area contributed by atoms with Gasteiger partial charge in [0.05, 0.1) is 31.2 Å². The summed E-state index contributed by atoms with van der Waals surface area (Å²) in [4.78, 5) is 75.1. The van der Waals surface area contributed by atoms with E-state index in [-0.39, 0.29) is 77.2 Å². The highest BCUT2D eigenvalue weighted by atomic mass is 79.9. The van der Waals surface area contributed by atoms with Crippen molar-refractivity contribution in [1.82, 2.24) is 51.9 Å². The quantitative estimate of drug-likeness (QED) is 0.0103. The van der Waals surface area contributed by atoms with Gasteiger partial charge in [0.15, 0.2) is 11.7 Å². The molecule has 4 aromatic heterocycles. The van der Waals surface area contributed by atoms with Crippen LogP contribution in [-0.2, 0) is 28.7 Å². The van der Waals surface area contributed by atoms with Gasteiger partial charge in [-0.2, -0.15) is 15.5 Å². The Bertz CT molecular complexity index is 3080. The number of nitrogens with zero attached hydrogens (tertiary/aromatic N) is 9. The molecule has 650 valence electrons. The highest BCUT2D eigenvalue weighted by Crippen LogP contribution is 2.14. The molecule has 0 saturated heterocycles. The molecule has 21 N–H and O–H groups in total. The summed E-state index contributed by atoms with van der Waals surface area (Å²) in [5.74, 6) is 11.5. The first kappa shape index (κ1) is 127. The van der Waals surface area contributed by atoms with Crippen LogP contribution in [0.15, 0.2) is 106 Å². The largest absolute Gasteiger partial charge is 0.481 e. The Balaban J connectivity index is -0.000000110. The molecule has 0 radical (unpaired) electrons. The van der Waals surface area contributed by atoms with Crippen molar-refractivity contribution in [2.75, 3.05) is 26.4 Å². The van der Waals surface area contributed by atoms with E-state index in [1.165, 1.54) is 30.7 Å². The third-order valence-electron chi connectivity index (χ3n) is 12.7. The molecule has 1 aromatic carbocycles. The number of carbonyl (C=O) groups excluding carboxylic acids is 4. The lowest BCUT2D eigenvalue weighted by molar-refractivity contribution is -0.144. The van der Waals surface area contributed by atoms with Crippen LogP contribution in [0.4, 0.5) is 5.95 Å². The molecule has 0 bridgehead atoms. The first-order chi connectivity index (χ1) is 51.7. The summed E-state index contributed by atoms with van der Waals surface area (Å²) in [5, 5.41) is 44.6. The van der Waals surface area contributed by atoms with E-state index in [0.717, 1.165) is 48.0 Å². The number of primary amides is 1. The van der Waals surface area contributed by atoms with Gasteiger partial charge in [0.25, 0.3) is 0 Å². The SMILES string of the molecule is CC(C)/C(C=N)=C/N.CC(C)Br.CC(C)C#N.CC(C)C(=O)O.CC(C)C(N)=NC=N.CC(C)C(N)=NN.CC(C)C(N)=O.CC(C)c1ccccc1.CC(C)c1cccnc1.CC(C)c1cnc(N)nc1.CC(C)c1ncco1.CCCNC(=O)C(C)C.CNC(=O)C(C)C.COC(=O)C(C)C.Cc1nc(C(C)C)n[nH]1.N. The number of carboxylic acids is 1. The first-order valence-electron chi connectivity index (χ1n) is 37.9. The maximum atomic E-state index is 10.8. The zero-order valence-electron chi connectivity index (χ0n) is 75.7.